The first kappa shape index (κ1) is 6.86. The van der Waals surface area contributed by atoms with Crippen LogP contribution >= 0.6 is 0 Å². The van der Waals surface area contributed by atoms with Crippen LogP contribution in [0.25, 0.3) is 0 Å². The third-order valence-electron chi connectivity index (χ3n) is 1.09. The van der Waals surface area contributed by atoms with Gasteiger partial charge < -0.3 is 9.47 Å². The van der Waals surface area contributed by atoms with E-state index in [9.17, 15) is 4.79 Å². The van der Waals surface area contributed by atoms with Crippen molar-refractivity contribution >= 4 is 5.97 Å². The number of carbonyl (C=O) groups excluding carboxylic acids is 1. The second kappa shape index (κ2) is 2.56. The number of esters is 1. The smallest absolute Gasteiger partial charge is 0.346 e. The van der Waals surface area contributed by atoms with Crippen molar-refractivity contribution < 1.29 is 14.3 Å². The molecule has 0 atom stereocenters. The van der Waals surface area contributed by atoms with Gasteiger partial charge in [-0.05, 0) is 13.0 Å². The molecule has 0 aromatic heterocycles. The van der Waals surface area contributed by atoms with Crippen molar-refractivity contribution in [1.82, 2.24) is 0 Å². The Hall–Kier alpha value is -1.25. The van der Waals surface area contributed by atoms with Gasteiger partial charge in [0.1, 0.15) is 5.76 Å². The van der Waals surface area contributed by atoms with Crippen molar-refractivity contribution in [1.29, 1.82) is 0 Å². The van der Waals surface area contributed by atoms with Gasteiger partial charge in [0, 0.05) is 0 Å². The summed E-state index contributed by atoms with van der Waals surface area (Å²) >= 11 is 0. The Bertz CT molecular complexity index is 213. The lowest BCUT2D eigenvalue weighted by Crippen LogP contribution is -1.96. The van der Waals surface area contributed by atoms with E-state index in [1.165, 1.54) is 13.4 Å². The Morgan fingerprint density at radius 2 is 2.40 bits per heavy atom. The summed E-state index contributed by atoms with van der Waals surface area (Å²) in [6.45, 7) is 1.72. The number of cyclic esters (lactones) is 1. The van der Waals surface area contributed by atoms with Crippen molar-refractivity contribution in [3.05, 3.63) is 23.7 Å². The molecule has 0 unspecified atom stereocenters. The van der Waals surface area contributed by atoms with Crippen LogP contribution in [-0.2, 0) is 14.3 Å². The van der Waals surface area contributed by atoms with Gasteiger partial charge in [0.25, 0.3) is 0 Å². The van der Waals surface area contributed by atoms with Crippen LogP contribution in [0, 0.1) is 0 Å². The first-order valence-corrected chi connectivity index (χ1v) is 2.87. The van der Waals surface area contributed by atoms with Gasteiger partial charge >= 0.3 is 5.97 Å². The number of hydrogen-bond acceptors (Lipinski definition) is 3. The maximum Gasteiger partial charge on any atom is 0.346 e. The van der Waals surface area contributed by atoms with Crippen molar-refractivity contribution in [2.24, 2.45) is 0 Å². The number of rotatable bonds is 1. The molecule has 0 fully saturated rings. The number of carbonyl (C=O) groups is 1. The monoisotopic (exact) mass is 140 g/mol. The molecular weight excluding hydrogens is 132 g/mol. The highest BCUT2D eigenvalue weighted by molar-refractivity contribution is 5.94. The van der Waals surface area contributed by atoms with Crippen LogP contribution in [0.4, 0.5) is 0 Å². The molecule has 1 aliphatic rings. The fourth-order valence-corrected chi connectivity index (χ4v) is 0.722. The summed E-state index contributed by atoms with van der Waals surface area (Å²) < 4.78 is 9.34. The summed E-state index contributed by atoms with van der Waals surface area (Å²) in [6.07, 6.45) is 2.99. The normalized spacial score (nSPS) is 20.8. The lowest BCUT2D eigenvalue weighted by Gasteiger charge is -1.91. The third kappa shape index (κ3) is 1.18. The Balaban J connectivity index is 2.79. The van der Waals surface area contributed by atoms with Crippen molar-refractivity contribution in [3.8, 4) is 0 Å². The Kier molecular flexibility index (Phi) is 1.76. The Labute approximate surface area is 58.9 Å². The molecule has 0 saturated heterocycles. The van der Waals surface area contributed by atoms with Crippen LogP contribution < -0.4 is 0 Å². The molecule has 1 aliphatic heterocycles. The van der Waals surface area contributed by atoms with Crippen molar-refractivity contribution in [2.45, 2.75) is 6.92 Å². The number of methoxy groups -OCH3 is 1. The van der Waals surface area contributed by atoms with Crippen LogP contribution in [0.3, 0.4) is 0 Å². The van der Waals surface area contributed by atoms with Gasteiger partial charge in [-0.2, -0.15) is 0 Å². The highest BCUT2D eigenvalue weighted by Crippen LogP contribution is 2.15. The molecule has 0 spiro atoms. The van der Waals surface area contributed by atoms with E-state index in [1.807, 2.05) is 0 Å². The van der Waals surface area contributed by atoms with E-state index in [4.69, 9.17) is 4.74 Å². The van der Waals surface area contributed by atoms with E-state index < -0.39 is 0 Å². The number of hydrogen-bond donors (Lipinski definition) is 0. The standard InChI is InChI=1S/C7H8O3/c1-5-3-6(4-9-2)7(8)10-5/h3-4H,1-2H3/b6-4-. The molecule has 0 aliphatic carbocycles. The number of allylic oxidation sites excluding steroid dienone is 1. The van der Waals surface area contributed by atoms with Crippen LogP contribution in [0.15, 0.2) is 23.7 Å². The predicted molar refractivity (Wildman–Crippen MR) is 34.9 cm³/mol. The van der Waals surface area contributed by atoms with E-state index in [0.717, 1.165) is 0 Å². The third-order valence-corrected chi connectivity index (χ3v) is 1.09. The average Bonchev–Trinajstić information content (AvgIpc) is 2.13. The first-order chi connectivity index (χ1) is 4.74. The molecule has 1 rings (SSSR count). The topological polar surface area (TPSA) is 35.5 Å². The van der Waals surface area contributed by atoms with Gasteiger partial charge in [-0.1, -0.05) is 0 Å². The molecule has 0 bridgehead atoms. The van der Waals surface area contributed by atoms with Gasteiger partial charge in [0.15, 0.2) is 0 Å². The fraction of sp³-hybridized carbons (Fsp3) is 0.286. The maximum absolute atomic E-state index is 10.8. The molecule has 0 aromatic carbocycles. The zero-order valence-electron chi connectivity index (χ0n) is 5.88. The summed E-state index contributed by atoms with van der Waals surface area (Å²) in [4.78, 5) is 10.8. The van der Waals surface area contributed by atoms with Crippen LogP contribution in [0.1, 0.15) is 6.92 Å². The van der Waals surface area contributed by atoms with Gasteiger partial charge in [-0.25, -0.2) is 4.79 Å². The second-order valence-electron chi connectivity index (χ2n) is 1.95. The van der Waals surface area contributed by atoms with Gasteiger partial charge in [-0.3, -0.25) is 0 Å². The lowest BCUT2D eigenvalue weighted by atomic mass is 10.3. The molecule has 0 aromatic rings. The fourth-order valence-electron chi connectivity index (χ4n) is 0.722. The van der Waals surface area contributed by atoms with Gasteiger partial charge in [0.2, 0.25) is 0 Å². The molecular formula is C7H8O3. The van der Waals surface area contributed by atoms with Crippen LogP contribution in [0.2, 0.25) is 0 Å². The molecule has 0 radical (unpaired) electrons. The highest BCUT2D eigenvalue weighted by Gasteiger charge is 2.17. The average molecular weight is 140 g/mol. The van der Waals surface area contributed by atoms with Crippen molar-refractivity contribution in [3.63, 3.8) is 0 Å². The van der Waals surface area contributed by atoms with Crippen LogP contribution in [0.5, 0.6) is 0 Å². The molecule has 0 N–H and O–H groups in total. The minimum atomic E-state index is -0.348. The minimum Gasteiger partial charge on any atom is -0.503 e. The Morgan fingerprint density at radius 1 is 1.70 bits per heavy atom. The molecule has 10 heavy (non-hydrogen) atoms. The summed E-state index contributed by atoms with van der Waals surface area (Å²) in [5.41, 5.74) is 0.458. The van der Waals surface area contributed by atoms with Crippen molar-refractivity contribution in [2.75, 3.05) is 7.11 Å². The highest BCUT2D eigenvalue weighted by atomic mass is 16.5. The van der Waals surface area contributed by atoms with E-state index in [2.05, 4.69) is 4.74 Å². The molecule has 3 nitrogen and oxygen atoms in total. The van der Waals surface area contributed by atoms with E-state index in [0.29, 0.717) is 11.3 Å². The first-order valence-electron chi connectivity index (χ1n) is 2.87. The largest absolute Gasteiger partial charge is 0.503 e. The van der Waals surface area contributed by atoms with Gasteiger partial charge in [-0.15, -0.1) is 0 Å². The molecule has 54 valence electrons. The van der Waals surface area contributed by atoms with E-state index >= 15 is 0 Å². The Morgan fingerprint density at radius 3 is 2.80 bits per heavy atom. The van der Waals surface area contributed by atoms with Gasteiger partial charge in [0.05, 0.1) is 18.9 Å². The van der Waals surface area contributed by atoms with E-state index in [-0.39, 0.29) is 5.97 Å². The second-order valence-corrected chi connectivity index (χ2v) is 1.95. The maximum atomic E-state index is 10.8. The minimum absolute atomic E-state index is 0.348. The summed E-state index contributed by atoms with van der Waals surface area (Å²) in [6, 6.07) is 0. The molecule has 1 heterocycles. The summed E-state index contributed by atoms with van der Waals surface area (Å²) in [5.74, 6) is 0.257. The zero-order valence-corrected chi connectivity index (χ0v) is 5.88. The van der Waals surface area contributed by atoms with E-state index in [1.54, 1.807) is 13.0 Å². The molecule has 0 saturated carbocycles. The van der Waals surface area contributed by atoms with Crippen LogP contribution in [-0.4, -0.2) is 13.1 Å². The predicted octanol–water partition coefficient (Wildman–Crippen LogP) is 0.977. The SMILES string of the molecule is CO/C=C1/C=C(C)OC1=O. The quantitative estimate of drug-likeness (QED) is 0.309. The summed E-state index contributed by atoms with van der Waals surface area (Å²) in [5, 5.41) is 0. The molecule has 3 heteroatoms. The lowest BCUT2D eigenvalue weighted by molar-refractivity contribution is -0.133. The summed E-state index contributed by atoms with van der Waals surface area (Å²) in [7, 11) is 1.49. The molecule has 0 amide bonds. The zero-order chi connectivity index (χ0) is 7.56. The number of ether oxygens (including phenoxy) is 2.